The molecule has 0 saturated heterocycles. The lowest BCUT2D eigenvalue weighted by Crippen LogP contribution is -2.12. The van der Waals surface area contributed by atoms with Gasteiger partial charge in [-0.15, -0.1) is 0 Å². The van der Waals surface area contributed by atoms with Crippen LogP contribution in [-0.2, 0) is 11.2 Å². The van der Waals surface area contributed by atoms with Gasteiger partial charge in [0.25, 0.3) is 0 Å². The molecule has 1 amide bonds. The number of hydrogen-bond donors (Lipinski definition) is 1. The molecular weight excluding hydrogens is 366 g/mol. The molecule has 0 radical (unpaired) electrons. The Kier molecular flexibility index (Phi) is 5.36. The van der Waals surface area contributed by atoms with Crippen LogP contribution in [-0.4, -0.2) is 10.9 Å². The van der Waals surface area contributed by atoms with E-state index in [-0.39, 0.29) is 18.1 Å². The van der Waals surface area contributed by atoms with E-state index in [2.05, 4.69) is 10.3 Å². The van der Waals surface area contributed by atoms with Crippen molar-refractivity contribution < 1.29 is 13.6 Å². The zero-order valence-corrected chi connectivity index (χ0v) is 14.4. The fourth-order valence-electron chi connectivity index (χ4n) is 2.21. The van der Waals surface area contributed by atoms with Crippen molar-refractivity contribution in [2.45, 2.75) is 12.8 Å². The molecule has 3 aromatic rings. The Hall–Kier alpha value is -2.37. The van der Waals surface area contributed by atoms with Crippen LogP contribution in [0.15, 0.2) is 53.1 Å². The molecule has 1 heterocycles. The van der Waals surface area contributed by atoms with Gasteiger partial charge in [0.05, 0.1) is 21.9 Å². The van der Waals surface area contributed by atoms with Crippen LogP contribution in [0.3, 0.4) is 0 Å². The minimum Gasteiger partial charge on any atom is -0.441 e. The Morgan fingerprint density at radius 2 is 1.92 bits per heavy atom. The van der Waals surface area contributed by atoms with E-state index in [1.54, 1.807) is 36.5 Å². The number of aromatic nitrogens is 1. The zero-order chi connectivity index (χ0) is 17.8. The maximum atomic E-state index is 12.9. The van der Waals surface area contributed by atoms with E-state index in [9.17, 15) is 9.18 Å². The van der Waals surface area contributed by atoms with E-state index in [0.29, 0.717) is 33.8 Å². The van der Waals surface area contributed by atoms with Gasteiger partial charge in [0.1, 0.15) is 5.82 Å². The molecule has 0 saturated carbocycles. The van der Waals surface area contributed by atoms with Gasteiger partial charge >= 0.3 is 0 Å². The molecule has 0 atom stereocenters. The van der Waals surface area contributed by atoms with Gasteiger partial charge in [-0.25, -0.2) is 9.37 Å². The summed E-state index contributed by atoms with van der Waals surface area (Å²) in [5.41, 5.74) is 1.17. The number of carbonyl (C=O) groups excluding carboxylic acids is 1. The van der Waals surface area contributed by atoms with Gasteiger partial charge in [-0.2, -0.15) is 0 Å². The molecule has 128 valence electrons. The summed E-state index contributed by atoms with van der Waals surface area (Å²) < 4.78 is 18.5. The Bertz CT molecular complexity index is 894. The van der Waals surface area contributed by atoms with Crippen LogP contribution < -0.4 is 5.32 Å². The van der Waals surface area contributed by atoms with Gasteiger partial charge in [0.15, 0.2) is 11.7 Å². The molecule has 7 heteroatoms. The van der Waals surface area contributed by atoms with E-state index in [4.69, 9.17) is 27.6 Å². The van der Waals surface area contributed by atoms with Gasteiger partial charge in [0, 0.05) is 18.4 Å². The van der Waals surface area contributed by atoms with Crippen LogP contribution in [0.25, 0.3) is 11.3 Å². The highest BCUT2D eigenvalue weighted by atomic mass is 35.5. The van der Waals surface area contributed by atoms with Crippen molar-refractivity contribution in [2.24, 2.45) is 0 Å². The van der Waals surface area contributed by atoms with Crippen molar-refractivity contribution >= 4 is 34.8 Å². The van der Waals surface area contributed by atoms with E-state index < -0.39 is 0 Å². The van der Waals surface area contributed by atoms with Crippen LogP contribution in [0.4, 0.5) is 10.1 Å². The zero-order valence-electron chi connectivity index (χ0n) is 12.9. The third-order valence-corrected chi connectivity index (χ3v) is 4.29. The SMILES string of the molecule is O=C(CCc1ncc(-c2ccc(F)cc2)o1)Nc1cccc(Cl)c1Cl. The van der Waals surface area contributed by atoms with Crippen LogP contribution in [0.1, 0.15) is 12.3 Å². The second kappa shape index (κ2) is 7.68. The highest BCUT2D eigenvalue weighted by Crippen LogP contribution is 2.29. The minimum atomic E-state index is -0.320. The van der Waals surface area contributed by atoms with Gasteiger partial charge in [0.2, 0.25) is 5.91 Å². The second-order valence-corrected chi connectivity index (χ2v) is 6.06. The Labute approximate surface area is 153 Å². The minimum absolute atomic E-state index is 0.173. The van der Waals surface area contributed by atoms with Crippen LogP contribution in [0, 0.1) is 5.82 Å². The van der Waals surface area contributed by atoms with Crippen molar-refractivity contribution in [3.05, 3.63) is 70.4 Å². The number of nitrogens with one attached hydrogen (secondary N) is 1. The number of anilines is 1. The normalized spacial score (nSPS) is 10.7. The lowest BCUT2D eigenvalue weighted by Gasteiger charge is -2.07. The van der Waals surface area contributed by atoms with Crippen molar-refractivity contribution in [2.75, 3.05) is 5.32 Å². The third-order valence-electron chi connectivity index (χ3n) is 3.47. The lowest BCUT2D eigenvalue weighted by molar-refractivity contribution is -0.116. The van der Waals surface area contributed by atoms with Crippen molar-refractivity contribution in [1.82, 2.24) is 4.98 Å². The van der Waals surface area contributed by atoms with Crippen molar-refractivity contribution in [3.63, 3.8) is 0 Å². The third kappa shape index (κ3) is 4.38. The summed E-state index contributed by atoms with van der Waals surface area (Å²) in [5, 5.41) is 3.37. The molecular formula is C18H13Cl2FN2O2. The molecule has 3 rings (SSSR count). The molecule has 0 aliphatic heterocycles. The average molecular weight is 379 g/mol. The van der Waals surface area contributed by atoms with Crippen LogP contribution >= 0.6 is 23.2 Å². The summed E-state index contributed by atoms with van der Waals surface area (Å²) in [6.07, 6.45) is 2.05. The number of aryl methyl sites for hydroxylation is 1. The van der Waals surface area contributed by atoms with Crippen molar-refractivity contribution in [3.8, 4) is 11.3 Å². The predicted octanol–water partition coefficient (Wildman–Crippen LogP) is 5.36. The molecule has 0 bridgehead atoms. The van der Waals surface area contributed by atoms with Crippen LogP contribution in [0.2, 0.25) is 10.0 Å². The summed E-state index contributed by atoms with van der Waals surface area (Å²) in [6, 6.07) is 10.9. The molecule has 4 nitrogen and oxygen atoms in total. The smallest absolute Gasteiger partial charge is 0.224 e. The van der Waals surface area contributed by atoms with Crippen LogP contribution in [0.5, 0.6) is 0 Å². The number of rotatable bonds is 5. The first-order chi connectivity index (χ1) is 12.0. The topological polar surface area (TPSA) is 55.1 Å². The molecule has 0 aliphatic rings. The largest absolute Gasteiger partial charge is 0.441 e. The predicted molar refractivity (Wildman–Crippen MR) is 95.3 cm³/mol. The van der Waals surface area contributed by atoms with E-state index in [1.165, 1.54) is 12.1 Å². The summed E-state index contributed by atoms with van der Waals surface area (Å²) in [5.74, 6) is 0.394. The summed E-state index contributed by atoms with van der Waals surface area (Å²) in [6.45, 7) is 0. The number of benzene rings is 2. The van der Waals surface area contributed by atoms with E-state index in [0.717, 1.165) is 5.56 Å². The Morgan fingerprint density at radius 3 is 2.68 bits per heavy atom. The first kappa shape index (κ1) is 17.5. The van der Waals surface area contributed by atoms with Gasteiger partial charge in [-0.1, -0.05) is 29.3 Å². The monoisotopic (exact) mass is 378 g/mol. The van der Waals surface area contributed by atoms with Gasteiger partial charge in [-0.3, -0.25) is 4.79 Å². The Morgan fingerprint density at radius 1 is 1.16 bits per heavy atom. The second-order valence-electron chi connectivity index (χ2n) is 5.27. The first-order valence-electron chi connectivity index (χ1n) is 7.47. The number of amides is 1. The Balaban J connectivity index is 1.59. The first-order valence-corrected chi connectivity index (χ1v) is 8.23. The number of hydrogen-bond acceptors (Lipinski definition) is 3. The number of nitrogens with zero attached hydrogens (tertiary/aromatic N) is 1. The highest BCUT2D eigenvalue weighted by molar-refractivity contribution is 6.43. The standard InChI is InChI=1S/C18H13Cl2FN2O2/c19-13-2-1-3-14(18(13)20)23-16(24)8-9-17-22-10-15(25-17)11-4-6-12(21)7-5-11/h1-7,10H,8-9H2,(H,23,24). The maximum Gasteiger partial charge on any atom is 0.224 e. The fraction of sp³-hybridized carbons (Fsp3) is 0.111. The number of carbonyl (C=O) groups is 1. The molecule has 1 N–H and O–H groups in total. The van der Waals surface area contributed by atoms with E-state index >= 15 is 0 Å². The molecule has 2 aromatic carbocycles. The quantitative estimate of drug-likeness (QED) is 0.650. The molecule has 0 unspecified atom stereocenters. The summed E-state index contributed by atoms with van der Waals surface area (Å²) >= 11 is 11.9. The summed E-state index contributed by atoms with van der Waals surface area (Å²) in [4.78, 5) is 16.2. The molecule has 0 fully saturated rings. The fourth-order valence-corrected chi connectivity index (χ4v) is 2.55. The van der Waals surface area contributed by atoms with Gasteiger partial charge in [-0.05, 0) is 36.4 Å². The van der Waals surface area contributed by atoms with Gasteiger partial charge < -0.3 is 9.73 Å². The van der Waals surface area contributed by atoms with E-state index in [1.807, 2.05) is 0 Å². The molecule has 1 aromatic heterocycles. The maximum absolute atomic E-state index is 12.9. The lowest BCUT2D eigenvalue weighted by atomic mass is 10.2. The van der Waals surface area contributed by atoms with Crippen molar-refractivity contribution in [1.29, 1.82) is 0 Å². The highest BCUT2D eigenvalue weighted by Gasteiger charge is 2.11. The number of halogens is 3. The molecule has 25 heavy (non-hydrogen) atoms. The summed E-state index contributed by atoms with van der Waals surface area (Å²) in [7, 11) is 0. The molecule has 0 spiro atoms. The molecule has 0 aliphatic carbocycles. The average Bonchev–Trinajstić information content (AvgIpc) is 3.07. The number of oxazole rings is 1.